The van der Waals surface area contributed by atoms with Crippen molar-refractivity contribution in [2.45, 2.75) is 44.3 Å². The highest BCUT2D eigenvalue weighted by molar-refractivity contribution is 7.19. The number of halogens is 1. The molecule has 0 fully saturated rings. The third-order valence-electron chi connectivity index (χ3n) is 4.70. The molecule has 2 rings (SSSR count). The van der Waals surface area contributed by atoms with Gasteiger partial charge in [0.1, 0.15) is 0 Å². The van der Waals surface area contributed by atoms with E-state index in [0.29, 0.717) is 0 Å². The van der Waals surface area contributed by atoms with E-state index >= 15 is 0 Å². The van der Waals surface area contributed by atoms with E-state index in [4.69, 9.17) is 11.1 Å². The van der Waals surface area contributed by atoms with Crippen LogP contribution in [0.5, 0.6) is 0 Å². The number of rotatable bonds is 10. The lowest BCUT2D eigenvalue weighted by atomic mass is 10.1. The molecule has 0 atom stereocenters. The average Bonchev–Trinajstić information content (AvgIpc) is 2.62. The molecule has 2 aromatic carbocycles. The van der Waals surface area contributed by atoms with Crippen molar-refractivity contribution in [1.82, 2.24) is 0 Å². The second kappa shape index (κ2) is 9.79. The summed E-state index contributed by atoms with van der Waals surface area (Å²) in [7, 11) is -1.62. The van der Waals surface area contributed by atoms with Crippen molar-refractivity contribution in [1.29, 1.82) is 0 Å². The van der Waals surface area contributed by atoms with Gasteiger partial charge in [0.2, 0.25) is 0 Å². The van der Waals surface area contributed by atoms with Crippen LogP contribution in [0.15, 0.2) is 61.7 Å². The SMILES string of the molecule is C=Cc1cccc(CCC[Si](C)(Cl)CCCc2cccc(C=C)c2)c1. The van der Waals surface area contributed by atoms with Gasteiger partial charge < -0.3 is 0 Å². The summed E-state index contributed by atoms with van der Waals surface area (Å²) in [5.74, 6) is 0. The number of aryl methyl sites for hydroxylation is 2. The Morgan fingerprint density at radius 2 is 1.28 bits per heavy atom. The van der Waals surface area contributed by atoms with Crippen molar-refractivity contribution in [3.05, 3.63) is 83.9 Å². The summed E-state index contributed by atoms with van der Waals surface area (Å²) in [6, 6.07) is 19.6. The first kappa shape index (κ1) is 19.7. The van der Waals surface area contributed by atoms with E-state index in [1.807, 2.05) is 12.2 Å². The third-order valence-corrected chi connectivity index (χ3v) is 8.63. The van der Waals surface area contributed by atoms with E-state index in [9.17, 15) is 0 Å². The van der Waals surface area contributed by atoms with Crippen molar-refractivity contribution in [3.63, 3.8) is 0 Å². The van der Waals surface area contributed by atoms with E-state index in [1.54, 1.807) is 0 Å². The maximum Gasteiger partial charge on any atom is 0.153 e. The molecule has 0 aliphatic carbocycles. The van der Waals surface area contributed by atoms with Gasteiger partial charge in [-0.05, 0) is 47.2 Å². The predicted molar refractivity (Wildman–Crippen MR) is 117 cm³/mol. The fourth-order valence-electron chi connectivity index (χ4n) is 3.20. The van der Waals surface area contributed by atoms with E-state index in [1.165, 1.54) is 47.2 Å². The van der Waals surface area contributed by atoms with Gasteiger partial charge in [0.15, 0.2) is 7.38 Å². The van der Waals surface area contributed by atoms with Crippen molar-refractivity contribution in [3.8, 4) is 0 Å². The minimum Gasteiger partial charge on any atom is -0.167 e. The Bertz CT molecular complexity index is 643. The van der Waals surface area contributed by atoms with Crippen LogP contribution >= 0.6 is 11.1 Å². The summed E-state index contributed by atoms with van der Waals surface area (Å²) in [4.78, 5) is 0. The first-order valence-electron chi connectivity index (χ1n) is 9.14. The highest BCUT2D eigenvalue weighted by Crippen LogP contribution is 2.26. The first-order valence-corrected chi connectivity index (χ1v) is 13.1. The predicted octanol–water partition coefficient (Wildman–Crippen LogP) is 7.35. The molecule has 0 heterocycles. The fourth-order valence-corrected chi connectivity index (χ4v) is 6.08. The molecule has 0 saturated carbocycles. The van der Waals surface area contributed by atoms with Gasteiger partial charge in [0.25, 0.3) is 0 Å². The highest BCUT2D eigenvalue weighted by Gasteiger charge is 2.23. The Balaban J connectivity index is 1.75. The molecule has 0 aliphatic heterocycles. The van der Waals surface area contributed by atoms with E-state index < -0.39 is 7.38 Å². The first-order chi connectivity index (χ1) is 12.0. The molecule has 0 aliphatic rings. The molecule has 0 radical (unpaired) electrons. The van der Waals surface area contributed by atoms with Crippen LogP contribution < -0.4 is 0 Å². The molecule has 0 amide bonds. The molecule has 0 unspecified atom stereocenters. The number of hydrogen-bond donors (Lipinski definition) is 0. The van der Waals surface area contributed by atoms with Crippen molar-refractivity contribution < 1.29 is 0 Å². The van der Waals surface area contributed by atoms with Crippen molar-refractivity contribution in [2.24, 2.45) is 0 Å². The minimum absolute atomic E-state index is 1.11. The monoisotopic (exact) mass is 368 g/mol. The molecular weight excluding hydrogens is 340 g/mol. The normalized spacial score (nSPS) is 11.3. The molecule has 2 heteroatoms. The highest BCUT2D eigenvalue weighted by atomic mass is 35.6. The van der Waals surface area contributed by atoms with E-state index in [0.717, 1.165) is 12.8 Å². The smallest absolute Gasteiger partial charge is 0.153 e. The van der Waals surface area contributed by atoms with Crippen molar-refractivity contribution in [2.75, 3.05) is 0 Å². The van der Waals surface area contributed by atoms with Crippen LogP contribution in [0.4, 0.5) is 0 Å². The zero-order chi connectivity index (χ0) is 18.1. The Kier molecular flexibility index (Phi) is 7.73. The van der Waals surface area contributed by atoms with Gasteiger partial charge in [-0.1, -0.05) is 93.2 Å². The summed E-state index contributed by atoms with van der Waals surface area (Å²) in [5, 5.41) is 0. The second-order valence-electron chi connectivity index (χ2n) is 7.02. The molecule has 132 valence electrons. The standard InChI is InChI=1S/C23H29ClSi/c1-4-20-10-6-12-22(18-20)14-8-16-25(3,24)17-9-15-23-13-7-11-21(5-2)19-23/h4-7,10-13,18-19H,1-2,8-9,14-17H2,3H3. The Morgan fingerprint density at radius 1 is 0.840 bits per heavy atom. The molecule has 0 spiro atoms. The van der Waals surface area contributed by atoms with E-state index in [2.05, 4.69) is 68.2 Å². The Labute approximate surface area is 159 Å². The molecule has 2 aromatic rings. The largest absolute Gasteiger partial charge is 0.167 e. The molecule has 0 bridgehead atoms. The molecule has 25 heavy (non-hydrogen) atoms. The van der Waals surface area contributed by atoms with E-state index in [-0.39, 0.29) is 0 Å². The summed E-state index contributed by atoms with van der Waals surface area (Å²) in [5.41, 5.74) is 5.18. The van der Waals surface area contributed by atoms with Gasteiger partial charge in [-0.25, -0.2) is 0 Å². The van der Waals surface area contributed by atoms with Crippen LogP contribution in [-0.4, -0.2) is 7.38 Å². The summed E-state index contributed by atoms with van der Waals surface area (Å²) in [6.45, 7) is 10.00. The maximum atomic E-state index is 6.89. The quantitative estimate of drug-likeness (QED) is 0.303. The third kappa shape index (κ3) is 7.05. The Morgan fingerprint density at radius 3 is 1.68 bits per heavy atom. The summed E-state index contributed by atoms with van der Waals surface area (Å²) < 4.78 is 0. The minimum atomic E-state index is -1.62. The van der Waals surface area contributed by atoms with Crippen LogP contribution in [0.2, 0.25) is 18.6 Å². The average molecular weight is 369 g/mol. The van der Waals surface area contributed by atoms with Gasteiger partial charge in [-0.15, -0.1) is 0 Å². The number of hydrogen-bond acceptors (Lipinski definition) is 0. The van der Waals surface area contributed by atoms with Gasteiger partial charge in [0.05, 0.1) is 0 Å². The molecule has 0 N–H and O–H groups in total. The lowest BCUT2D eigenvalue weighted by molar-refractivity contribution is 0.869. The van der Waals surface area contributed by atoms with Crippen molar-refractivity contribution >= 4 is 30.6 Å². The molecular formula is C23H29ClSi. The lowest BCUT2D eigenvalue weighted by Crippen LogP contribution is -2.22. The Hall–Kier alpha value is -1.57. The zero-order valence-electron chi connectivity index (χ0n) is 15.3. The second-order valence-corrected chi connectivity index (χ2v) is 13.6. The van der Waals surface area contributed by atoms with Crippen LogP contribution in [0, 0.1) is 0 Å². The molecule has 0 aromatic heterocycles. The van der Waals surface area contributed by atoms with Crippen LogP contribution in [-0.2, 0) is 12.8 Å². The summed E-state index contributed by atoms with van der Waals surface area (Å²) in [6.07, 6.45) is 8.39. The van der Waals surface area contributed by atoms with Gasteiger partial charge >= 0.3 is 0 Å². The van der Waals surface area contributed by atoms with Crippen LogP contribution in [0.1, 0.15) is 35.1 Å². The molecule has 0 nitrogen and oxygen atoms in total. The van der Waals surface area contributed by atoms with Gasteiger partial charge in [-0.2, -0.15) is 11.1 Å². The topological polar surface area (TPSA) is 0 Å². The van der Waals surface area contributed by atoms with Crippen LogP contribution in [0.25, 0.3) is 12.2 Å². The zero-order valence-corrected chi connectivity index (χ0v) is 17.1. The van der Waals surface area contributed by atoms with Crippen LogP contribution in [0.3, 0.4) is 0 Å². The maximum absolute atomic E-state index is 6.89. The van der Waals surface area contributed by atoms with Gasteiger partial charge in [-0.3, -0.25) is 0 Å². The lowest BCUT2D eigenvalue weighted by Gasteiger charge is -2.19. The fraction of sp³-hybridized carbons (Fsp3) is 0.304. The summed E-state index contributed by atoms with van der Waals surface area (Å²) >= 11 is 6.89. The number of benzene rings is 2. The molecule has 0 saturated heterocycles. The van der Waals surface area contributed by atoms with Gasteiger partial charge in [0, 0.05) is 0 Å².